The topological polar surface area (TPSA) is 60.9 Å². The van der Waals surface area contributed by atoms with Gasteiger partial charge in [-0.2, -0.15) is 0 Å². The smallest absolute Gasteiger partial charge is 0.245 e. The van der Waals surface area contributed by atoms with Crippen molar-refractivity contribution in [3.63, 3.8) is 0 Å². The van der Waals surface area contributed by atoms with Crippen molar-refractivity contribution in [2.24, 2.45) is 11.8 Å². The van der Waals surface area contributed by atoms with E-state index >= 15 is 0 Å². The molecule has 29 heavy (non-hydrogen) atoms. The Morgan fingerprint density at radius 3 is 2.14 bits per heavy atom. The number of hydrogen-bond acceptors (Lipinski definition) is 4. The lowest BCUT2D eigenvalue weighted by molar-refractivity contribution is -0.151. The molecule has 2 heterocycles. The zero-order valence-corrected chi connectivity index (χ0v) is 17.4. The molecule has 0 aromatic heterocycles. The average Bonchev–Trinajstić information content (AvgIpc) is 3.00. The predicted octanol–water partition coefficient (Wildman–Crippen LogP) is 2.29. The van der Waals surface area contributed by atoms with E-state index in [2.05, 4.69) is 36.9 Å². The van der Waals surface area contributed by atoms with Crippen LogP contribution in [0.4, 0.5) is 5.69 Å². The maximum Gasteiger partial charge on any atom is 0.245 e. The molecule has 2 aliphatic heterocycles. The second-order valence-electron chi connectivity index (χ2n) is 8.41. The summed E-state index contributed by atoms with van der Waals surface area (Å²) in [5.41, 5.74) is 3.74. The number of nitrogens with zero attached hydrogens (tertiary/aromatic N) is 3. The van der Waals surface area contributed by atoms with Gasteiger partial charge in [-0.3, -0.25) is 19.3 Å². The summed E-state index contributed by atoms with van der Waals surface area (Å²) in [6.07, 6.45) is 5.13. The van der Waals surface area contributed by atoms with Crippen molar-refractivity contribution < 1.29 is 14.4 Å². The number of amides is 3. The Labute approximate surface area is 172 Å². The van der Waals surface area contributed by atoms with E-state index in [1.807, 2.05) is 12.2 Å². The maximum absolute atomic E-state index is 13.1. The number of rotatable bonds is 3. The Kier molecular flexibility index (Phi) is 5.19. The van der Waals surface area contributed by atoms with Gasteiger partial charge in [0.2, 0.25) is 17.7 Å². The standard InChI is InChI=1S/C23H29N3O3/c1-15-7-6-10-20(16(15)2)24-11-13-25(14-12-24)21(27)17(3)26-22(28)18-8-4-5-9-19(18)23(26)29/h4-7,10,17-19H,8-9,11-14H2,1-3H3/t17-,18-,19-/m0/s1. The number of likely N-dealkylation sites (tertiary alicyclic amines) is 1. The van der Waals surface area contributed by atoms with Crippen molar-refractivity contribution in [2.75, 3.05) is 31.1 Å². The molecule has 0 bridgehead atoms. The van der Waals surface area contributed by atoms with Crippen molar-refractivity contribution in [2.45, 2.75) is 39.7 Å². The maximum atomic E-state index is 13.1. The fourth-order valence-electron chi connectivity index (χ4n) is 4.83. The molecule has 154 valence electrons. The van der Waals surface area contributed by atoms with Gasteiger partial charge in [-0.05, 0) is 50.8 Å². The minimum absolute atomic E-state index is 0.126. The number of piperazine rings is 1. The second kappa shape index (κ2) is 7.65. The molecule has 0 N–H and O–H groups in total. The van der Waals surface area contributed by atoms with Crippen molar-refractivity contribution in [3.8, 4) is 0 Å². The number of anilines is 1. The third-order valence-corrected chi connectivity index (χ3v) is 6.79. The summed E-state index contributed by atoms with van der Waals surface area (Å²) in [5, 5.41) is 0. The number of allylic oxidation sites excluding steroid dienone is 2. The Hall–Kier alpha value is -2.63. The molecule has 4 rings (SSSR count). The van der Waals surface area contributed by atoms with Gasteiger partial charge in [-0.25, -0.2) is 0 Å². The number of hydrogen-bond donors (Lipinski definition) is 0. The number of carbonyl (C=O) groups excluding carboxylic acids is 3. The van der Waals surface area contributed by atoms with Crippen LogP contribution in [-0.2, 0) is 14.4 Å². The van der Waals surface area contributed by atoms with Gasteiger partial charge < -0.3 is 9.80 Å². The molecule has 6 nitrogen and oxygen atoms in total. The lowest BCUT2D eigenvalue weighted by atomic mass is 9.85. The van der Waals surface area contributed by atoms with E-state index in [0.717, 1.165) is 13.1 Å². The van der Waals surface area contributed by atoms with Gasteiger partial charge in [-0.15, -0.1) is 0 Å². The van der Waals surface area contributed by atoms with Gasteiger partial charge in [0.15, 0.2) is 0 Å². The van der Waals surface area contributed by atoms with Crippen LogP contribution >= 0.6 is 0 Å². The van der Waals surface area contributed by atoms with E-state index in [9.17, 15) is 14.4 Å². The zero-order valence-electron chi connectivity index (χ0n) is 17.4. The summed E-state index contributed by atoms with van der Waals surface area (Å²) >= 11 is 0. The molecule has 1 aliphatic carbocycles. The largest absolute Gasteiger partial charge is 0.368 e. The normalized spacial score (nSPS) is 25.4. The monoisotopic (exact) mass is 395 g/mol. The molecule has 3 atom stereocenters. The first-order chi connectivity index (χ1) is 13.9. The van der Waals surface area contributed by atoms with Crippen LogP contribution in [0.15, 0.2) is 30.4 Å². The minimum Gasteiger partial charge on any atom is -0.368 e. The van der Waals surface area contributed by atoms with Crippen molar-refractivity contribution in [1.29, 1.82) is 0 Å². The predicted molar refractivity (Wildman–Crippen MR) is 111 cm³/mol. The van der Waals surface area contributed by atoms with E-state index in [4.69, 9.17) is 0 Å². The molecular formula is C23H29N3O3. The van der Waals surface area contributed by atoms with Gasteiger partial charge in [0.05, 0.1) is 11.8 Å². The second-order valence-corrected chi connectivity index (χ2v) is 8.41. The Bertz CT molecular complexity index is 844. The molecule has 6 heteroatoms. The van der Waals surface area contributed by atoms with Crippen LogP contribution in [0.5, 0.6) is 0 Å². The first-order valence-corrected chi connectivity index (χ1v) is 10.5. The fourth-order valence-corrected chi connectivity index (χ4v) is 4.83. The van der Waals surface area contributed by atoms with Crippen LogP contribution in [0, 0.1) is 25.7 Å². The van der Waals surface area contributed by atoms with E-state index in [-0.39, 0.29) is 29.6 Å². The van der Waals surface area contributed by atoms with Crippen molar-refractivity contribution >= 4 is 23.4 Å². The molecule has 2 saturated heterocycles. The summed E-state index contributed by atoms with van der Waals surface area (Å²) in [6, 6.07) is 5.57. The van der Waals surface area contributed by atoms with Crippen LogP contribution in [0.2, 0.25) is 0 Å². The quantitative estimate of drug-likeness (QED) is 0.582. The van der Waals surface area contributed by atoms with Crippen molar-refractivity contribution in [1.82, 2.24) is 9.80 Å². The average molecular weight is 396 g/mol. The minimum atomic E-state index is -0.729. The highest BCUT2D eigenvalue weighted by atomic mass is 16.2. The Morgan fingerprint density at radius 1 is 0.966 bits per heavy atom. The number of carbonyl (C=O) groups is 3. The highest BCUT2D eigenvalue weighted by Gasteiger charge is 2.50. The van der Waals surface area contributed by atoms with E-state index < -0.39 is 6.04 Å². The molecule has 1 aromatic rings. The lowest BCUT2D eigenvalue weighted by Crippen LogP contribution is -2.55. The molecule has 0 spiro atoms. The molecular weight excluding hydrogens is 366 g/mol. The SMILES string of the molecule is Cc1cccc(N2CCN(C(=O)[C@H](C)N3C(=O)[C@H]4CC=CC[C@@H]4C3=O)CC2)c1C. The van der Waals surface area contributed by atoms with Gasteiger partial charge in [-0.1, -0.05) is 24.3 Å². The summed E-state index contributed by atoms with van der Waals surface area (Å²) < 4.78 is 0. The van der Waals surface area contributed by atoms with E-state index in [0.29, 0.717) is 25.9 Å². The molecule has 3 amide bonds. The van der Waals surface area contributed by atoms with Gasteiger partial charge >= 0.3 is 0 Å². The summed E-state index contributed by atoms with van der Waals surface area (Å²) in [4.78, 5) is 44.0. The third kappa shape index (κ3) is 3.34. The number of fused-ring (bicyclic) bond motifs is 1. The van der Waals surface area contributed by atoms with E-state index in [1.54, 1.807) is 11.8 Å². The number of aryl methyl sites for hydroxylation is 1. The molecule has 2 fully saturated rings. The third-order valence-electron chi connectivity index (χ3n) is 6.79. The number of imide groups is 1. The highest BCUT2D eigenvalue weighted by molar-refractivity contribution is 6.08. The molecule has 0 saturated carbocycles. The lowest BCUT2D eigenvalue weighted by Gasteiger charge is -2.38. The Balaban J connectivity index is 1.41. The van der Waals surface area contributed by atoms with Crippen molar-refractivity contribution in [3.05, 3.63) is 41.5 Å². The summed E-state index contributed by atoms with van der Waals surface area (Å²) in [6.45, 7) is 8.63. The molecule has 0 radical (unpaired) electrons. The van der Waals surface area contributed by atoms with Crippen LogP contribution < -0.4 is 4.90 Å². The fraction of sp³-hybridized carbons (Fsp3) is 0.522. The summed E-state index contributed by atoms with van der Waals surface area (Å²) in [7, 11) is 0. The number of benzene rings is 1. The van der Waals surface area contributed by atoms with Gasteiger partial charge in [0.25, 0.3) is 0 Å². The molecule has 3 aliphatic rings. The first kappa shape index (κ1) is 19.7. The summed E-state index contributed by atoms with van der Waals surface area (Å²) in [5.74, 6) is -1.06. The van der Waals surface area contributed by atoms with Gasteiger partial charge in [0.1, 0.15) is 6.04 Å². The van der Waals surface area contributed by atoms with Gasteiger partial charge in [0, 0.05) is 31.9 Å². The van der Waals surface area contributed by atoms with E-state index in [1.165, 1.54) is 21.7 Å². The Morgan fingerprint density at radius 2 is 1.55 bits per heavy atom. The molecule has 0 unspecified atom stereocenters. The highest BCUT2D eigenvalue weighted by Crippen LogP contribution is 2.36. The zero-order chi connectivity index (χ0) is 20.7. The first-order valence-electron chi connectivity index (χ1n) is 10.5. The van der Waals surface area contributed by atoms with Crippen LogP contribution in [0.1, 0.15) is 30.9 Å². The van der Waals surface area contributed by atoms with Crippen LogP contribution in [0.25, 0.3) is 0 Å². The molecule has 1 aromatic carbocycles. The van der Waals surface area contributed by atoms with Crippen LogP contribution in [-0.4, -0.2) is 59.7 Å². The van der Waals surface area contributed by atoms with Crippen LogP contribution in [0.3, 0.4) is 0 Å².